The van der Waals surface area contributed by atoms with Crippen LogP contribution in [0.2, 0.25) is 5.28 Å². The van der Waals surface area contributed by atoms with Gasteiger partial charge in [0.25, 0.3) is 5.95 Å². The van der Waals surface area contributed by atoms with E-state index in [4.69, 9.17) is 16.3 Å². The van der Waals surface area contributed by atoms with E-state index in [9.17, 15) is 0 Å². The Morgan fingerprint density at radius 3 is 3.00 bits per heavy atom. The van der Waals surface area contributed by atoms with Crippen molar-refractivity contribution in [2.75, 3.05) is 6.61 Å². The van der Waals surface area contributed by atoms with E-state index in [1.54, 1.807) is 18.5 Å². The SMILES string of the molecule is C/C=C/COc1nc(Cl)nc(-n2cccn2)n1. The summed E-state index contributed by atoms with van der Waals surface area (Å²) in [5.74, 6) is 0.325. The van der Waals surface area contributed by atoms with Crippen molar-refractivity contribution >= 4 is 11.6 Å². The first-order chi connectivity index (χ1) is 8.29. The van der Waals surface area contributed by atoms with Crippen LogP contribution in [0.4, 0.5) is 0 Å². The molecule has 0 aliphatic rings. The first-order valence-corrected chi connectivity index (χ1v) is 5.33. The van der Waals surface area contributed by atoms with Crippen LogP contribution in [0, 0.1) is 0 Å². The molecule has 0 aliphatic carbocycles. The van der Waals surface area contributed by atoms with Crippen molar-refractivity contribution in [3.63, 3.8) is 0 Å². The van der Waals surface area contributed by atoms with Gasteiger partial charge in [0.15, 0.2) is 0 Å². The lowest BCUT2D eigenvalue weighted by molar-refractivity contribution is 0.330. The number of hydrogen-bond donors (Lipinski definition) is 0. The standard InChI is InChI=1S/C10H10ClN5O/c1-2-3-7-17-10-14-8(11)13-9(15-10)16-6-4-5-12-16/h2-6H,7H2,1H3/b3-2+. The Labute approximate surface area is 103 Å². The fourth-order valence-electron chi connectivity index (χ4n) is 1.09. The number of allylic oxidation sites excluding steroid dienone is 1. The van der Waals surface area contributed by atoms with Crippen LogP contribution < -0.4 is 4.74 Å². The molecule has 0 fully saturated rings. The van der Waals surface area contributed by atoms with Crippen LogP contribution >= 0.6 is 11.6 Å². The summed E-state index contributed by atoms with van der Waals surface area (Å²) in [6.45, 7) is 2.29. The van der Waals surface area contributed by atoms with Crippen LogP contribution in [-0.2, 0) is 0 Å². The zero-order valence-corrected chi connectivity index (χ0v) is 9.87. The second-order valence-electron chi connectivity index (χ2n) is 3.02. The van der Waals surface area contributed by atoms with Crippen molar-refractivity contribution < 1.29 is 4.74 Å². The number of ether oxygens (including phenoxy) is 1. The van der Waals surface area contributed by atoms with Crippen LogP contribution in [-0.4, -0.2) is 31.3 Å². The smallest absolute Gasteiger partial charge is 0.322 e. The van der Waals surface area contributed by atoms with E-state index < -0.39 is 0 Å². The molecule has 17 heavy (non-hydrogen) atoms. The van der Waals surface area contributed by atoms with Gasteiger partial charge >= 0.3 is 6.01 Å². The lowest BCUT2D eigenvalue weighted by atomic mass is 10.6. The van der Waals surface area contributed by atoms with E-state index in [-0.39, 0.29) is 11.3 Å². The minimum absolute atomic E-state index is 0.0704. The predicted octanol–water partition coefficient (Wildman–Crippen LogP) is 1.67. The van der Waals surface area contributed by atoms with Crippen molar-refractivity contribution in [1.82, 2.24) is 24.7 Å². The van der Waals surface area contributed by atoms with E-state index in [0.29, 0.717) is 12.6 Å². The summed E-state index contributed by atoms with van der Waals surface area (Å²) < 4.78 is 6.77. The predicted molar refractivity (Wildman–Crippen MR) is 62.3 cm³/mol. The average molecular weight is 252 g/mol. The molecule has 0 spiro atoms. The molecule has 0 saturated heterocycles. The van der Waals surface area contributed by atoms with Crippen LogP contribution in [0.5, 0.6) is 6.01 Å². The van der Waals surface area contributed by atoms with Crippen molar-refractivity contribution in [2.24, 2.45) is 0 Å². The molecule has 0 unspecified atom stereocenters. The maximum absolute atomic E-state index is 5.78. The molecule has 6 nitrogen and oxygen atoms in total. The Bertz CT molecular complexity index is 511. The fourth-order valence-corrected chi connectivity index (χ4v) is 1.24. The van der Waals surface area contributed by atoms with Gasteiger partial charge in [-0.15, -0.1) is 0 Å². The maximum atomic E-state index is 5.78. The normalized spacial score (nSPS) is 10.9. The van der Waals surface area contributed by atoms with Gasteiger partial charge in [0.1, 0.15) is 6.61 Å². The lowest BCUT2D eigenvalue weighted by Crippen LogP contribution is -2.06. The summed E-state index contributed by atoms with van der Waals surface area (Å²) in [7, 11) is 0. The molecule has 2 rings (SSSR count). The highest BCUT2D eigenvalue weighted by Crippen LogP contribution is 2.10. The second-order valence-corrected chi connectivity index (χ2v) is 3.36. The Hall–Kier alpha value is -1.95. The minimum Gasteiger partial charge on any atom is -0.459 e. The molecule has 0 bridgehead atoms. The molecule has 0 aliphatic heterocycles. The highest BCUT2D eigenvalue weighted by Gasteiger charge is 2.07. The molecular weight excluding hydrogens is 242 g/mol. The van der Waals surface area contributed by atoms with E-state index in [2.05, 4.69) is 20.1 Å². The van der Waals surface area contributed by atoms with Crippen LogP contribution in [0.1, 0.15) is 6.92 Å². The summed E-state index contributed by atoms with van der Waals surface area (Å²) in [5.41, 5.74) is 0. The topological polar surface area (TPSA) is 65.7 Å². The molecule has 88 valence electrons. The van der Waals surface area contributed by atoms with Crippen LogP contribution in [0.15, 0.2) is 30.6 Å². The summed E-state index contributed by atoms with van der Waals surface area (Å²) in [4.78, 5) is 11.9. The van der Waals surface area contributed by atoms with Gasteiger partial charge in [0, 0.05) is 12.4 Å². The number of nitrogens with zero attached hydrogens (tertiary/aromatic N) is 5. The third-order valence-corrected chi connectivity index (χ3v) is 2.00. The molecule has 0 saturated carbocycles. The molecule has 2 heterocycles. The number of aromatic nitrogens is 5. The number of rotatable bonds is 4. The highest BCUT2D eigenvalue weighted by molar-refractivity contribution is 6.28. The van der Waals surface area contributed by atoms with Gasteiger partial charge in [0.05, 0.1) is 0 Å². The van der Waals surface area contributed by atoms with Crippen LogP contribution in [0.3, 0.4) is 0 Å². The summed E-state index contributed by atoms with van der Waals surface area (Å²) in [6, 6.07) is 1.94. The molecular formula is C10H10ClN5O. The Morgan fingerprint density at radius 2 is 2.29 bits per heavy atom. The van der Waals surface area contributed by atoms with Gasteiger partial charge in [-0.25, -0.2) is 4.68 Å². The Balaban J connectivity index is 2.23. The number of halogens is 1. The molecule has 0 amide bonds. The zero-order valence-electron chi connectivity index (χ0n) is 9.12. The molecule has 0 aromatic carbocycles. The van der Waals surface area contributed by atoms with Gasteiger partial charge in [-0.05, 0) is 24.6 Å². The molecule has 2 aromatic heterocycles. The van der Waals surface area contributed by atoms with Gasteiger partial charge in [0.2, 0.25) is 5.28 Å². The third kappa shape index (κ3) is 3.01. The average Bonchev–Trinajstić information content (AvgIpc) is 2.82. The monoisotopic (exact) mass is 251 g/mol. The maximum Gasteiger partial charge on any atom is 0.322 e. The molecule has 0 atom stereocenters. The van der Waals surface area contributed by atoms with E-state index in [1.165, 1.54) is 4.68 Å². The van der Waals surface area contributed by atoms with E-state index in [1.807, 2.05) is 19.1 Å². The molecule has 2 aromatic rings. The van der Waals surface area contributed by atoms with Crippen molar-refractivity contribution in [2.45, 2.75) is 6.92 Å². The Morgan fingerprint density at radius 1 is 1.41 bits per heavy atom. The third-order valence-electron chi connectivity index (χ3n) is 1.83. The van der Waals surface area contributed by atoms with Gasteiger partial charge in [-0.1, -0.05) is 12.2 Å². The Kier molecular flexibility index (Phi) is 3.66. The minimum atomic E-state index is 0.0704. The molecule has 7 heteroatoms. The molecule has 0 N–H and O–H groups in total. The van der Waals surface area contributed by atoms with Crippen LogP contribution in [0.25, 0.3) is 5.95 Å². The lowest BCUT2D eigenvalue weighted by Gasteiger charge is -2.03. The quantitative estimate of drug-likeness (QED) is 0.774. The highest BCUT2D eigenvalue weighted by atomic mass is 35.5. The first kappa shape index (κ1) is 11.5. The summed E-state index contributed by atoms with van der Waals surface area (Å²) in [5, 5.41) is 4.07. The van der Waals surface area contributed by atoms with Gasteiger partial charge in [-0.3, -0.25) is 0 Å². The zero-order chi connectivity index (χ0) is 12.1. The summed E-state index contributed by atoms with van der Waals surface area (Å²) in [6.07, 6.45) is 7.04. The van der Waals surface area contributed by atoms with Crippen molar-refractivity contribution in [3.8, 4) is 12.0 Å². The van der Waals surface area contributed by atoms with E-state index >= 15 is 0 Å². The largest absolute Gasteiger partial charge is 0.459 e. The van der Waals surface area contributed by atoms with Crippen molar-refractivity contribution in [1.29, 1.82) is 0 Å². The molecule has 0 radical (unpaired) electrons. The van der Waals surface area contributed by atoms with Crippen molar-refractivity contribution in [3.05, 3.63) is 35.9 Å². The number of hydrogen-bond acceptors (Lipinski definition) is 5. The fraction of sp³-hybridized carbons (Fsp3) is 0.200. The second kappa shape index (κ2) is 5.40. The first-order valence-electron chi connectivity index (χ1n) is 4.95. The van der Waals surface area contributed by atoms with Gasteiger partial charge in [-0.2, -0.15) is 20.1 Å². The summed E-state index contributed by atoms with van der Waals surface area (Å²) >= 11 is 5.78. The van der Waals surface area contributed by atoms with Gasteiger partial charge < -0.3 is 4.74 Å². The van der Waals surface area contributed by atoms with E-state index in [0.717, 1.165) is 0 Å².